The first-order chi connectivity index (χ1) is 16.2. The van der Waals surface area contributed by atoms with Crippen molar-refractivity contribution < 1.29 is 19.1 Å². The lowest BCUT2D eigenvalue weighted by atomic mass is 9.68. The zero-order chi connectivity index (χ0) is 24.5. The Balaban J connectivity index is 1.55. The Bertz CT molecular complexity index is 879. The van der Waals surface area contributed by atoms with Crippen LogP contribution in [-0.4, -0.2) is 96.1 Å². The lowest BCUT2D eigenvalue weighted by molar-refractivity contribution is -0.130. The molecule has 2 aliphatic carbocycles. The molecule has 3 aliphatic rings. The highest BCUT2D eigenvalue weighted by Gasteiger charge is 2.55. The van der Waals surface area contributed by atoms with Gasteiger partial charge >= 0.3 is 6.03 Å². The van der Waals surface area contributed by atoms with Crippen LogP contribution in [-0.2, 0) is 10.3 Å². The highest BCUT2D eigenvalue weighted by molar-refractivity contribution is 5.86. The third-order valence-electron chi connectivity index (χ3n) is 8.66. The highest BCUT2D eigenvalue weighted by Crippen LogP contribution is 2.49. The number of carbonyl (C=O) groups excluding carboxylic acids is 2. The van der Waals surface area contributed by atoms with Gasteiger partial charge in [-0.25, -0.2) is 9.18 Å². The molecule has 7 nitrogen and oxygen atoms in total. The van der Waals surface area contributed by atoms with E-state index in [0.717, 1.165) is 50.6 Å². The first-order valence-electron chi connectivity index (χ1n) is 12.6. The van der Waals surface area contributed by atoms with Gasteiger partial charge in [-0.15, -0.1) is 0 Å². The standard InChI is InChI=1S/C26H39FN4O3/c1-28(2)26(21-7-9-22(27)10-8-21)13-11-25(12-14-26)19-30(18-23(33)29(3)15-16-32)24(34)31(25)17-20-5-4-6-20/h7-10,20,32H,4-6,11-19H2,1-3H3. The average Bonchev–Trinajstić information content (AvgIpc) is 3.02. The van der Waals surface area contributed by atoms with Crippen molar-refractivity contribution in [3.8, 4) is 0 Å². The maximum Gasteiger partial charge on any atom is 0.321 e. The quantitative estimate of drug-likeness (QED) is 0.629. The molecular formula is C26H39FN4O3. The van der Waals surface area contributed by atoms with E-state index < -0.39 is 0 Å². The predicted octanol–water partition coefficient (Wildman–Crippen LogP) is 2.88. The minimum Gasteiger partial charge on any atom is -0.395 e. The van der Waals surface area contributed by atoms with Gasteiger partial charge in [0.2, 0.25) is 5.91 Å². The number of urea groups is 1. The van der Waals surface area contributed by atoms with E-state index in [0.29, 0.717) is 12.5 Å². The summed E-state index contributed by atoms with van der Waals surface area (Å²) in [5.41, 5.74) is 0.637. The number of nitrogens with zero attached hydrogens (tertiary/aromatic N) is 4. The van der Waals surface area contributed by atoms with Gasteiger partial charge in [-0.1, -0.05) is 18.6 Å². The predicted molar refractivity (Wildman–Crippen MR) is 129 cm³/mol. The van der Waals surface area contributed by atoms with Crippen LogP contribution in [0.5, 0.6) is 0 Å². The monoisotopic (exact) mass is 474 g/mol. The molecule has 0 bridgehead atoms. The minimum atomic E-state index is -0.276. The molecular weight excluding hydrogens is 435 g/mol. The molecule has 34 heavy (non-hydrogen) atoms. The maximum absolute atomic E-state index is 13.6. The van der Waals surface area contributed by atoms with Crippen LogP contribution in [0.3, 0.4) is 0 Å². The summed E-state index contributed by atoms with van der Waals surface area (Å²) in [6.45, 7) is 1.55. The Hall–Kier alpha value is -2.19. The molecule has 0 radical (unpaired) electrons. The summed E-state index contributed by atoms with van der Waals surface area (Å²) in [6, 6.07) is 6.81. The van der Waals surface area contributed by atoms with Gasteiger partial charge in [0.15, 0.2) is 0 Å². The summed E-state index contributed by atoms with van der Waals surface area (Å²) in [7, 11) is 5.82. The van der Waals surface area contributed by atoms with E-state index in [9.17, 15) is 14.0 Å². The third kappa shape index (κ3) is 4.54. The first kappa shape index (κ1) is 24.9. The van der Waals surface area contributed by atoms with Crippen LogP contribution in [0, 0.1) is 11.7 Å². The number of hydrogen-bond acceptors (Lipinski definition) is 4. The van der Waals surface area contributed by atoms with Crippen LogP contribution in [0.2, 0.25) is 0 Å². The Morgan fingerprint density at radius 1 is 1.12 bits per heavy atom. The van der Waals surface area contributed by atoms with E-state index >= 15 is 0 Å². The smallest absolute Gasteiger partial charge is 0.321 e. The van der Waals surface area contributed by atoms with Gasteiger partial charge in [-0.05, 0) is 76.2 Å². The number of likely N-dealkylation sites (N-methyl/N-ethyl adjacent to an activating group) is 1. The number of benzene rings is 1. The van der Waals surface area contributed by atoms with Gasteiger partial charge in [0.1, 0.15) is 12.4 Å². The number of carbonyl (C=O) groups is 2. The molecule has 3 fully saturated rings. The fourth-order valence-electron chi connectivity index (χ4n) is 6.08. The molecule has 0 atom stereocenters. The van der Waals surface area contributed by atoms with Crippen LogP contribution in [0.25, 0.3) is 0 Å². The first-order valence-corrected chi connectivity index (χ1v) is 12.6. The fraction of sp³-hybridized carbons (Fsp3) is 0.692. The van der Waals surface area contributed by atoms with Crippen molar-refractivity contribution in [2.24, 2.45) is 5.92 Å². The minimum absolute atomic E-state index is 0.0308. The molecule has 1 aromatic rings. The summed E-state index contributed by atoms with van der Waals surface area (Å²) in [4.78, 5) is 33.8. The Labute approximate surface area is 202 Å². The van der Waals surface area contributed by atoms with Crippen LogP contribution in [0.1, 0.15) is 50.5 Å². The van der Waals surface area contributed by atoms with Crippen molar-refractivity contribution >= 4 is 11.9 Å². The van der Waals surface area contributed by atoms with Crippen molar-refractivity contribution in [3.63, 3.8) is 0 Å². The molecule has 8 heteroatoms. The van der Waals surface area contributed by atoms with E-state index in [1.54, 1.807) is 11.9 Å². The van der Waals surface area contributed by atoms with Gasteiger partial charge < -0.3 is 19.8 Å². The zero-order valence-electron chi connectivity index (χ0n) is 20.8. The molecule has 1 spiro atoms. The normalized spacial score (nSPS) is 27.5. The van der Waals surface area contributed by atoms with Crippen molar-refractivity contribution in [1.82, 2.24) is 19.6 Å². The zero-order valence-corrected chi connectivity index (χ0v) is 20.8. The summed E-state index contributed by atoms with van der Waals surface area (Å²) >= 11 is 0. The maximum atomic E-state index is 13.6. The number of halogens is 1. The molecule has 1 aromatic carbocycles. The van der Waals surface area contributed by atoms with Gasteiger partial charge in [-0.3, -0.25) is 9.69 Å². The third-order valence-corrected chi connectivity index (χ3v) is 8.66. The second-order valence-corrected chi connectivity index (χ2v) is 10.7. The Morgan fingerprint density at radius 3 is 2.29 bits per heavy atom. The molecule has 4 rings (SSSR count). The van der Waals surface area contributed by atoms with Crippen LogP contribution in [0.4, 0.5) is 9.18 Å². The molecule has 0 aromatic heterocycles. The van der Waals surface area contributed by atoms with E-state index in [1.165, 1.54) is 23.5 Å². The number of aliphatic hydroxyl groups is 1. The fourth-order valence-corrected chi connectivity index (χ4v) is 6.08. The molecule has 2 saturated carbocycles. The summed E-state index contributed by atoms with van der Waals surface area (Å²) in [5, 5.41) is 9.17. The number of amides is 3. The highest BCUT2D eigenvalue weighted by atomic mass is 19.1. The number of aliphatic hydroxyl groups excluding tert-OH is 1. The van der Waals surface area contributed by atoms with Crippen LogP contribution >= 0.6 is 0 Å². The topological polar surface area (TPSA) is 67.3 Å². The van der Waals surface area contributed by atoms with Crippen LogP contribution in [0.15, 0.2) is 24.3 Å². The second-order valence-electron chi connectivity index (χ2n) is 10.7. The lowest BCUT2D eigenvalue weighted by Crippen LogP contribution is -2.56. The van der Waals surface area contributed by atoms with E-state index in [2.05, 4.69) is 23.9 Å². The van der Waals surface area contributed by atoms with Crippen molar-refractivity contribution in [2.75, 3.05) is 53.9 Å². The molecule has 1 aliphatic heterocycles. The summed E-state index contributed by atoms with van der Waals surface area (Å²) < 4.78 is 13.6. The van der Waals surface area contributed by atoms with Crippen LogP contribution < -0.4 is 0 Å². The van der Waals surface area contributed by atoms with Gasteiger partial charge in [0, 0.05) is 32.2 Å². The summed E-state index contributed by atoms with van der Waals surface area (Å²) in [5.74, 6) is 0.170. The molecule has 0 unspecified atom stereocenters. The SMILES string of the molecule is CN(CCO)C(=O)CN1CC2(CCC(c3ccc(F)cc3)(N(C)C)CC2)N(CC2CCC2)C1=O. The average molecular weight is 475 g/mol. The van der Waals surface area contributed by atoms with E-state index in [1.807, 2.05) is 12.1 Å². The Morgan fingerprint density at radius 2 is 1.76 bits per heavy atom. The molecule has 1 N–H and O–H groups in total. The molecule has 1 saturated heterocycles. The molecule has 188 valence electrons. The molecule has 1 heterocycles. The molecule has 3 amide bonds. The van der Waals surface area contributed by atoms with Gasteiger partial charge in [-0.2, -0.15) is 0 Å². The van der Waals surface area contributed by atoms with Crippen molar-refractivity contribution in [3.05, 3.63) is 35.6 Å². The lowest BCUT2D eigenvalue weighted by Gasteiger charge is -2.51. The van der Waals surface area contributed by atoms with Crippen molar-refractivity contribution in [1.29, 1.82) is 0 Å². The number of rotatable bonds is 8. The second kappa shape index (κ2) is 9.82. The summed E-state index contributed by atoms with van der Waals surface area (Å²) in [6.07, 6.45) is 6.97. The Kier molecular flexibility index (Phi) is 7.20. The largest absolute Gasteiger partial charge is 0.395 e. The van der Waals surface area contributed by atoms with Gasteiger partial charge in [0.05, 0.1) is 12.1 Å². The number of hydrogen-bond donors (Lipinski definition) is 1. The van der Waals surface area contributed by atoms with E-state index in [-0.39, 0.29) is 48.5 Å². The van der Waals surface area contributed by atoms with Gasteiger partial charge in [0.25, 0.3) is 0 Å². The van der Waals surface area contributed by atoms with Crippen molar-refractivity contribution in [2.45, 2.75) is 56.0 Å². The van der Waals surface area contributed by atoms with E-state index in [4.69, 9.17) is 5.11 Å².